The number of benzene rings is 1. The van der Waals surface area contributed by atoms with Crippen molar-refractivity contribution in [2.45, 2.75) is 52.0 Å². The van der Waals surface area contributed by atoms with Gasteiger partial charge in [-0.25, -0.2) is 4.39 Å². The first kappa shape index (κ1) is 16.6. The van der Waals surface area contributed by atoms with Gasteiger partial charge in [-0.05, 0) is 30.0 Å². The third-order valence-corrected chi connectivity index (χ3v) is 4.34. The second-order valence-corrected chi connectivity index (χ2v) is 5.89. The van der Waals surface area contributed by atoms with Crippen molar-refractivity contribution in [2.24, 2.45) is 11.8 Å². The molecule has 0 aliphatic carbocycles. The Bertz CT molecular complexity index is 384. The minimum absolute atomic E-state index is 0.0665. The summed E-state index contributed by atoms with van der Waals surface area (Å²) < 4.78 is 13.9. The van der Waals surface area contributed by atoms with Gasteiger partial charge in [0.1, 0.15) is 5.82 Å². The molecule has 3 N–H and O–H groups in total. The van der Waals surface area contributed by atoms with Crippen molar-refractivity contribution < 1.29 is 4.39 Å². The molecule has 4 heteroatoms. The first-order chi connectivity index (χ1) is 9.12. The number of unbranched alkanes of at least 4 members (excludes halogenated alkanes) is 1. The van der Waals surface area contributed by atoms with Crippen LogP contribution in [-0.4, -0.2) is 0 Å². The first-order valence-electron chi connectivity index (χ1n) is 7.03. The maximum Gasteiger partial charge on any atom is 0.124 e. The van der Waals surface area contributed by atoms with Crippen LogP contribution in [0.15, 0.2) is 22.7 Å². The minimum Gasteiger partial charge on any atom is -0.271 e. The SMILES string of the molecule is CCCCC(CC)CC(NN)c1ccc(F)cc1Br. The third-order valence-electron chi connectivity index (χ3n) is 3.65. The van der Waals surface area contributed by atoms with Crippen molar-refractivity contribution in [1.82, 2.24) is 5.43 Å². The Morgan fingerprint density at radius 3 is 2.63 bits per heavy atom. The van der Waals surface area contributed by atoms with Gasteiger partial charge in [0.05, 0.1) is 0 Å². The number of nitrogens with two attached hydrogens (primary N) is 1. The molecule has 1 aromatic rings. The van der Waals surface area contributed by atoms with Crippen LogP contribution in [0.1, 0.15) is 57.6 Å². The van der Waals surface area contributed by atoms with E-state index in [0.717, 1.165) is 22.9 Å². The Morgan fingerprint density at radius 1 is 1.37 bits per heavy atom. The van der Waals surface area contributed by atoms with Crippen molar-refractivity contribution in [2.75, 3.05) is 0 Å². The van der Waals surface area contributed by atoms with E-state index in [9.17, 15) is 4.39 Å². The number of nitrogens with one attached hydrogen (secondary N) is 1. The molecule has 0 amide bonds. The fraction of sp³-hybridized carbons (Fsp3) is 0.600. The quantitative estimate of drug-likeness (QED) is 0.535. The van der Waals surface area contributed by atoms with Gasteiger partial charge in [0.25, 0.3) is 0 Å². The number of halogens is 2. The standard InChI is InChI=1S/C15H24BrFN2/c1-3-5-6-11(4-2)9-15(19-18)13-8-7-12(17)10-14(13)16/h7-8,10-11,15,19H,3-6,9,18H2,1-2H3. The molecule has 2 atom stereocenters. The molecule has 108 valence electrons. The van der Waals surface area contributed by atoms with Gasteiger partial charge in [0, 0.05) is 10.5 Å². The average Bonchev–Trinajstić information content (AvgIpc) is 2.40. The molecule has 0 saturated heterocycles. The Hall–Kier alpha value is -0.450. The molecular formula is C15H24BrFN2. The van der Waals surface area contributed by atoms with Crippen LogP contribution in [0.4, 0.5) is 4.39 Å². The summed E-state index contributed by atoms with van der Waals surface area (Å²) in [5, 5.41) is 0. The molecule has 19 heavy (non-hydrogen) atoms. The number of hydrogen-bond donors (Lipinski definition) is 2. The first-order valence-corrected chi connectivity index (χ1v) is 7.82. The van der Waals surface area contributed by atoms with Crippen molar-refractivity contribution in [3.8, 4) is 0 Å². The van der Waals surface area contributed by atoms with Crippen LogP contribution in [0.5, 0.6) is 0 Å². The molecule has 0 aliphatic heterocycles. The highest BCUT2D eigenvalue weighted by Gasteiger charge is 2.18. The van der Waals surface area contributed by atoms with E-state index < -0.39 is 0 Å². The summed E-state index contributed by atoms with van der Waals surface area (Å²) >= 11 is 3.42. The van der Waals surface area contributed by atoms with Crippen LogP contribution >= 0.6 is 15.9 Å². The largest absolute Gasteiger partial charge is 0.271 e. The molecule has 2 nitrogen and oxygen atoms in total. The van der Waals surface area contributed by atoms with E-state index in [2.05, 4.69) is 35.2 Å². The molecule has 0 aromatic heterocycles. The molecule has 1 aromatic carbocycles. The van der Waals surface area contributed by atoms with Crippen LogP contribution in [-0.2, 0) is 0 Å². The molecule has 1 rings (SSSR count). The highest BCUT2D eigenvalue weighted by Crippen LogP contribution is 2.30. The summed E-state index contributed by atoms with van der Waals surface area (Å²) in [7, 11) is 0. The van der Waals surface area contributed by atoms with Crippen molar-refractivity contribution in [3.63, 3.8) is 0 Å². The minimum atomic E-state index is -0.232. The lowest BCUT2D eigenvalue weighted by atomic mass is 9.89. The molecule has 2 unspecified atom stereocenters. The van der Waals surface area contributed by atoms with E-state index in [-0.39, 0.29) is 11.9 Å². The normalized spacial score (nSPS) is 14.4. The van der Waals surface area contributed by atoms with Crippen LogP contribution in [0, 0.1) is 11.7 Å². The highest BCUT2D eigenvalue weighted by atomic mass is 79.9. The fourth-order valence-electron chi connectivity index (χ4n) is 2.38. The van der Waals surface area contributed by atoms with E-state index >= 15 is 0 Å². The molecule has 0 radical (unpaired) electrons. The summed E-state index contributed by atoms with van der Waals surface area (Å²) in [6.45, 7) is 4.43. The van der Waals surface area contributed by atoms with Gasteiger partial charge in [0.2, 0.25) is 0 Å². The molecular weight excluding hydrogens is 307 g/mol. The van der Waals surface area contributed by atoms with Crippen molar-refractivity contribution >= 4 is 15.9 Å². The van der Waals surface area contributed by atoms with Gasteiger partial charge in [-0.3, -0.25) is 11.3 Å². The predicted molar refractivity (Wildman–Crippen MR) is 82.1 cm³/mol. The van der Waals surface area contributed by atoms with E-state index in [1.807, 2.05) is 0 Å². The summed E-state index contributed by atoms with van der Waals surface area (Å²) in [5.74, 6) is 6.10. The third kappa shape index (κ3) is 5.21. The maximum atomic E-state index is 13.1. The molecule has 0 aliphatic rings. The second-order valence-electron chi connectivity index (χ2n) is 5.04. The van der Waals surface area contributed by atoms with Gasteiger partial charge < -0.3 is 0 Å². The van der Waals surface area contributed by atoms with Crippen LogP contribution in [0.2, 0.25) is 0 Å². The van der Waals surface area contributed by atoms with Crippen LogP contribution in [0.3, 0.4) is 0 Å². The average molecular weight is 331 g/mol. The van der Waals surface area contributed by atoms with E-state index in [4.69, 9.17) is 5.84 Å². The fourth-order valence-corrected chi connectivity index (χ4v) is 3.01. The summed E-state index contributed by atoms with van der Waals surface area (Å²) in [4.78, 5) is 0. The lowest BCUT2D eigenvalue weighted by Gasteiger charge is -2.23. The van der Waals surface area contributed by atoms with Gasteiger partial charge in [-0.2, -0.15) is 0 Å². The molecule has 0 spiro atoms. The van der Waals surface area contributed by atoms with Crippen molar-refractivity contribution in [3.05, 3.63) is 34.1 Å². The van der Waals surface area contributed by atoms with E-state index in [1.165, 1.54) is 31.4 Å². The molecule has 0 bridgehead atoms. The Morgan fingerprint density at radius 2 is 2.11 bits per heavy atom. The Kier molecular flexibility index (Phi) is 7.57. The number of hydrogen-bond acceptors (Lipinski definition) is 2. The Labute approximate surface area is 124 Å². The molecule has 0 saturated carbocycles. The zero-order chi connectivity index (χ0) is 14.3. The van der Waals surface area contributed by atoms with Crippen LogP contribution in [0.25, 0.3) is 0 Å². The number of rotatable bonds is 8. The van der Waals surface area contributed by atoms with Gasteiger partial charge in [-0.1, -0.05) is 61.5 Å². The van der Waals surface area contributed by atoms with E-state index in [0.29, 0.717) is 5.92 Å². The van der Waals surface area contributed by atoms with Crippen molar-refractivity contribution in [1.29, 1.82) is 0 Å². The van der Waals surface area contributed by atoms with Crippen LogP contribution < -0.4 is 11.3 Å². The highest BCUT2D eigenvalue weighted by molar-refractivity contribution is 9.10. The Balaban J connectivity index is 2.76. The summed E-state index contributed by atoms with van der Waals surface area (Å²) in [6, 6.07) is 4.84. The summed E-state index contributed by atoms with van der Waals surface area (Å²) in [6.07, 6.45) is 5.83. The molecule has 0 fully saturated rings. The number of hydrazine groups is 1. The van der Waals surface area contributed by atoms with Gasteiger partial charge >= 0.3 is 0 Å². The zero-order valence-corrected chi connectivity index (χ0v) is 13.3. The monoisotopic (exact) mass is 330 g/mol. The van der Waals surface area contributed by atoms with Gasteiger partial charge in [-0.15, -0.1) is 0 Å². The lowest BCUT2D eigenvalue weighted by Crippen LogP contribution is -2.30. The maximum absolute atomic E-state index is 13.1. The van der Waals surface area contributed by atoms with Gasteiger partial charge in [0.15, 0.2) is 0 Å². The summed E-state index contributed by atoms with van der Waals surface area (Å²) in [5.41, 5.74) is 3.89. The lowest BCUT2D eigenvalue weighted by molar-refractivity contribution is 0.355. The second kappa shape index (κ2) is 8.67. The zero-order valence-electron chi connectivity index (χ0n) is 11.8. The smallest absolute Gasteiger partial charge is 0.124 e. The topological polar surface area (TPSA) is 38.0 Å². The van der Waals surface area contributed by atoms with E-state index in [1.54, 1.807) is 6.07 Å². The predicted octanol–water partition coefficient (Wildman–Crippen LogP) is 4.70. The molecule has 0 heterocycles.